The number of anilines is 1. The van der Waals surface area contributed by atoms with Crippen LogP contribution < -0.4 is 11.1 Å². The Kier molecular flexibility index (Phi) is 3.90. The van der Waals surface area contributed by atoms with E-state index in [4.69, 9.17) is 10.5 Å². The fourth-order valence-corrected chi connectivity index (χ4v) is 2.72. The highest BCUT2D eigenvalue weighted by Crippen LogP contribution is 2.31. The van der Waals surface area contributed by atoms with E-state index in [0.29, 0.717) is 5.56 Å². The van der Waals surface area contributed by atoms with Crippen molar-refractivity contribution in [1.82, 2.24) is 4.98 Å². The lowest BCUT2D eigenvalue weighted by Gasteiger charge is -2.23. The van der Waals surface area contributed by atoms with E-state index in [1.165, 1.54) is 0 Å². The SMILES string of the molecule is C[C@@]1(CNc2ccccc2-c2cc(C(N)=O)c[nH]2)CCOC1. The zero-order valence-corrected chi connectivity index (χ0v) is 12.7. The predicted octanol–water partition coefficient (Wildman–Crippen LogP) is 2.62. The van der Waals surface area contributed by atoms with Gasteiger partial charge in [0, 0.05) is 41.7 Å². The predicted molar refractivity (Wildman–Crippen MR) is 86.8 cm³/mol. The van der Waals surface area contributed by atoms with Crippen LogP contribution in [-0.4, -0.2) is 30.6 Å². The molecule has 1 aromatic carbocycles. The van der Waals surface area contributed by atoms with Crippen LogP contribution in [0.4, 0.5) is 5.69 Å². The average Bonchev–Trinajstić information content (AvgIpc) is 3.15. The second kappa shape index (κ2) is 5.85. The van der Waals surface area contributed by atoms with E-state index >= 15 is 0 Å². The smallest absolute Gasteiger partial charge is 0.250 e. The van der Waals surface area contributed by atoms with Gasteiger partial charge in [0.05, 0.1) is 12.2 Å². The van der Waals surface area contributed by atoms with Crippen molar-refractivity contribution in [2.75, 3.05) is 25.1 Å². The third kappa shape index (κ3) is 2.99. The zero-order valence-electron chi connectivity index (χ0n) is 12.7. The highest BCUT2D eigenvalue weighted by molar-refractivity contribution is 5.94. The molecule has 5 heteroatoms. The molecule has 0 bridgehead atoms. The summed E-state index contributed by atoms with van der Waals surface area (Å²) in [7, 11) is 0. The van der Waals surface area contributed by atoms with Gasteiger partial charge >= 0.3 is 0 Å². The van der Waals surface area contributed by atoms with Crippen LogP contribution in [0.5, 0.6) is 0 Å². The van der Waals surface area contributed by atoms with E-state index < -0.39 is 5.91 Å². The van der Waals surface area contributed by atoms with Crippen LogP contribution in [0, 0.1) is 5.41 Å². The molecule has 22 heavy (non-hydrogen) atoms. The van der Waals surface area contributed by atoms with Crippen LogP contribution in [0.25, 0.3) is 11.3 Å². The van der Waals surface area contributed by atoms with Gasteiger partial charge in [-0.2, -0.15) is 0 Å². The van der Waals surface area contributed by atoms with Crippen LogP contribution in [0.3, 0.4) is 0 Å². The van der Waals surface area contributed by atoms with Crippen molar-refractivity contribution in [3.8, 4) is 11.3 Å². The molecule has 1 amide bonds. The monoisotopic (exact) mass is 299 g/mol. The fraction of sp³-hybridized carbons (Fsp3) is 0.353. The normalized spacial score (nSPS) is 21.0. The maximum absolute atomic E-state index is 11.2. The van der Waals surface area contributed by atoms with Gasteiger partial charge in [0.15, 0.2) is 0 Å². The molecule has 1 aromatic heterocycles. The van der Waals surface area contributed by atoms with Crippen molar-refractivity contribution in [2.24, 2.45) is 11.1 Å². The first-order valence-corrected chi connectivity index (χ1v) is 7.47. The molecule has 1 aliphatic rings. The fourth-order valence-electron chi connectivity index (χ4n) is 2.72. The van der Waals surface area contributed by atoms with Crippen molar-refractivity contribution in [1.29, 1.82) is 0 Å². The van der Waals surface area contributed by atoms with Crippen molar-refractivity contribution >= 4 is 11.6 Å². The summed E-state index contributed by atoms with van der Waals surface area (Å²) in [5.41, 5.74) is 8.91. The minimum absolute atomic E-state index is 0.168. The van der Waals surface area contributed by atoms with Gasteiger partial charge in [-0.1, -0.05) is 25.1 Å². The van der Waals surface area contributed by atoms with Gasteiger partial charge in [0.2, 0.25) is 5.91 Å². The average molecular weight is 299 g/mol. The Morgan fingerprint density at radius 1 is 1.45 bits per heavy atom. The molecule has 1 aliphatic heterocycles. The van der Waals surface area contributed by atoms with Gasteiger partial charge in [0.25, 0.3) is 0 Å². The molecule has 0 unspecified atom stereocenters. The highest BCUT2D eigenvalue weighted by atomic mass is 16.5. The first-order valence-electron chi connectivity index (χ1n) is 7.47. The van der Waals surface area contributed by atoms with E-state index in [1.54, 1.807) is 12.3 Å². The molecular weight excluding hydrogens is 278 g/mol. The maximum atomic E-state index is 11.2. The number of para-hydroxylation sites is 1. The van der Waals surface area contributed by atoms with Gasteiger partial charge in [-0.3, -0.25) is 4.79 Å². The number of hydrogen-bond donors (Lipinski definition) is 3. The lowest BCUT2D eigenvalue weighted by atomic mass is 9.90. The molecule has 0 spiro atoms. The number of aromatic amines is 1. The largest absolute Gasteiger partial charge is 0.384 e. The number of rotatable bonds is 5. The number of amides is 1. The number of ether oxygens (including phenoxy) is 1. The lowest BCUT2D eigenvalue weighted by Crippen LogP contribution is -2.26. The van der Waals surface area contributed by atoms with Crippen LogP contribution in [0.2, 0.25) is 0 Å². The third-order valence-corrected chi connectivity index (χ3v) is 4.19. The highest BCUT2D eigenvalue weighted by Gasteiger charge is 2.29. The summed E-state index contributed by atoms with van der Waals surface area (Å²) in [6.45, 7) is 4.71. The Labute approximate surface area is 129 Å². The molecule has 5 nitrogen and oxygen atoms in total. The van der Waals surface area contributed by atoms with Crippen molar-refractivity contribution in [2.45, 2.75) is 13.3 Å². The summed E-state index contributed by atoms with van der Waals surface area (Å²) < 4.78 is 5.50. The number of carbonyl (C=O) groups excluding carboxylic acids is 1. The standard InChI is InChI=1S/C17H21N3O2/c1-17(6-7-22-11-17)10-20-14-5-3-2-4-13(14)15-8-12(9-19-15)16(18)21/h2-5,8-9,19-20H,6-7,10-11H2,1H3,(H2,18,21)/t17-/m0/s1. The molecule has 0 aliphatic carbocycles. The first kappa shape index (κ1) is 14.7. The van der Waals surface area contributed by atoms with E-state index in [9.17, 15) is 4.79 Å². The molecule has 1 fully saturated rings. The van der Waals surface area contributed by atoms with E-state index in [2.05, 4.69) is 17.2 Å². The van der Waals surface area contributed by atoms with Crippen LogP contribution in [0.15, 0.2) is 36.5 Å². The summed E-state index contributed by atoms with van der Waals surface area (Å²) in [6.07, 6.45) is 2.71. The van der Waals surface area contributed by atoms with Gasteiger partial charge in [0.1, 0.15) is 0 Å². The van der Waals surface area contributed by atoms with Gasteiger partial charge in [-0.05, 0) is 18.6 Å². The summed E-state index contributed by atoms with van der Waals surface area (Å²) in [5.74, 6) is -0.427. The Morgan fingerprint density at radius 3 is 2.95 bits per heavy atom. The Bertz CT molecular complexity index is 672. The number of H-pyrrole nitrogens is 1. The Balaban J connectivity index is 1.81. The van der Waals surface area contributed by atoms with Crippen molar-refractivity contribution < 1.29 is 9.53 Å². The summed E-state index contributed by atoms with van der Waals surface area (Å²) in [4.78, 5) is 14.4. The minimum atomic E-state index is -0.427. The molecule has 2 aromatic rings. The summed E-state index contributed by atoms with van der Waals surface area (Å²) >= 11 is 0. The number of carbonyl (C=O) groups is 1. The van der Waals surface area contributed by atoms with E-state index in [1.807, 2.05) is 24.3 Å². The van der Waals surface area contributed by atoms with E-state index in [-0.39, 0.29) is 5.41 Å². The molecule has 1 saturated heterocycles. The Hall–Kier alpha value is -2.27. The van der Waals surface area contributed by atoms with Crippen molar-refractivity contribution in [3.05, 3.63) is 42.1 Å². The van der Waals surface area contributed by atoms with Gasteiger partial charge < -0.3 is 20.8 Å². The minimum Gasteiger partial charge on any atom is -0.384 e. The quantitative estimate of drug-likeness (QED) is 0.794. The number of benzene rings is 1. The molecule has 4 N–H and O–H groups in total. The number of nitrogens with two attached hydrogens (primary N) is 1. The van der Waals surface area contributed by atoms with Crippen LogP contribution >= 0.6 is 0 Å². The van der Waals surface area contributed by atoms with Crippen LogP contribution in [-0.2, 0) is 4.74 Å². The number of aromatic nitrogens is 1. The second-order valence-electron chi connectivity index (χ2n) is 6.18. The molecule has 116 valence electrons. The number of hydrogen-bond acceptors (Lipinski definition) is 3. The lowest BCUT2D eigenvalue weighted by molar-refractivity contribution is 0.100. The molecule has 0 saturated carbocycles. The van der Waals surface area contributed by atoms with E-state index in [0.717, 1.165) is 43.1 Å². The van der Waals surface area contributed by atoms with Crippen LogP contribution in [0.1, 0.15) is 23.7 Å². The topological polar surface area (TPSA) is 80.1 Å². The summed E-state index contributed by atoms with van der Waals surface area (Å²) in [5, 5.41) is 3.52. The molecule has 1 atom stereocenters. The number of primary amides is 1. The molecule has 0 radical (unpaired) electrons. The maximum Gasteiger partial charge on any atom is 0.250 e. The molecule has 2 heterocycles. The second-order valence-corrected chi connectivity index (χ2v) is 6.18. The van der Waals surface area contributed by atoms with Gasteiger partial charge in [-0.25, -0.2) is 0 Å². The molecule has 3 rings (SSSR count). The van der Waals surface area contributed by atoms with Gasteiger partial charge in [-0.15, -0.1) is 0 Å². The zero-order chi connectivity index (χ0) is 15.6. The molecular formula is C17H21N3O2. The first-order chi connectivity index (χ1) is 10.6. The third-order valence-electron chi connectivity index (χ3n) is 4.19. The summed E-state index contributed by atoms with van der Waals surface area (Å²) in [6, 6.07) is 9.82. The Morgan fingerprint density at radius 2 is 2.27 bits per heavy atom. The number of nitrogens with one attached hydrogen (secondary N) is 2. The van der Waals surface area contributed by atoms with Crippen molar-refractivity contribution in [3.63, 3.8) is 0 Å².